The van der Waals surface area contributed by atoms with Gasteiger partial charge in [0.15, 0.2) is 5.82 Å². The molecule has 2 fully saturated rings. The monoisotopic (exact) mass is 685 g/mol. The Balaban J connectivity index is 0.00000468. The maximum Gasteiger partial charge on any atom is 0.253 e. The summed E-state index contributed by atoms with van der Waals surface area (Å²) in [5.41, 5.74) is 10.8. The molecule has 1 aliphatic heterocycles. The number of nitrogens with two attached hydrogens (primary N) is 1. The lowest BCUT2D eigenvalue weighted by Gasteiger charge is -2.32. The Hall–Kier alpha value is -4.65. The van der Waals surface area contributed by atoms with Crippen LogP contribution in [0.5, 0.6) is 0 Å². The molecule has 3 amide bonds. The largest absolute Gasteiger partial charge is 0.344 e. The van der Waals surface area contributed by atoms with Crippen molar-refractivity contribution >= 4 is 35.8 Å². The number of aromatic nitrogens is 4. The van der Waals surface area contributed by atoms with Crippen molar-refractivity contribution in [2.75, 3.05) is 45.1 Å². The number of nitrogens with one attached hydrogen (secondary N) is 3. The minimum Gasteiger partial charge on any atom is -0.344 e. The summed E-state index contributed by atoms with van der Waals surface area (Å²) in [6.45, 7) is 3.84. The predicted molar refractivity (Wildman–Crippen MR) is 191 cm³/mol. The normalized spacial score (nSPS) is 18.6. The molecule has 1 aromatic heterocycles. The Morgan fingerprint density at radius 1 is 0.898 bits per heavy atom. The second-order valence-electron chi connectivity index (χ2n) is 12.9. The highest BCUT2D eigenvalue weighted by atomic mass is 35.5. The van der Waals surface area contributed by atoms with Crippen LogP contribution in [0.15, 0.2) is 72.8 Å². The number of piperazine rings is 1. The summed E-state index contributed by atoms with van der Waals surface area (Å²) >= 11 is 0. The van der Waals surface area contributed by atoms with Gasteiger partial charge in [0.05, 0.1) is 0 Å². The number of amides is 3. The van der Waals surface area contributed by atoms with Crippen LogP contribution in [0.4, 0.5) is 5.69 Å². The number of aromatic amines is 1. The summed E-state index contributed by atoms with van der Waals surface area (Å²) in [5, 5.41) is 19.9. The van der Waals surface area contributed by atoms with E-state index >= 15 is 0 Å². The molecule has 2 aliphatic rings. The van der Waals surface area contributed by atoms with Crippen molar-refractivity contribution in [3.63, 3.8) is 0 Å². The maximum atomic E-state index is 13.7. The van der Waals surface area contributed by atoms with Gasteiger partial charge in [-0.25, -0.2) is 5.10 Å². The number of carbonyl (C=O) groups is 3. The van der Waals surface area contributed by atoms with Crippen LogP contribution in [0, 0.1) is 11.8 Å². The van der Waals surface area contributed by atoms with Crippen LogP contribution in [0.1, 0.15) is 41.6 Å². The summed E-state index contributed by atoms with van der Waals surface area (Å²) < 4.78 is 0. The van der Waals surface area contributed by atoms with Gasteiger partial charge in [-0.2, -0.15) is 0 Å². The van der Waals surface area contributed by atoms with E-state index in [1.54, 1.807) is 12.1 Å². The fraction of sp³-hybridized carbons (Fsp3) is 0.389. The second kappa shape index (κ2) is 16.6. The van der Waals surface area contributed by atoms with Crippen LogP contribution >= 0.6 is 12.4 Å². The summed E-state index contributed by atoms with van der Waals surface area (Å²) in [6, 6.07) is 22.0. The third-order valence-electron chi connectivity index (χ3n) is 9.58. The van der Waals surface area contributed by atoms with Gasteiger partial charge in [0.1, 0.15) is 6.04 Å². The molecule has 6 rings (SSSR count). The molecule has 0 spiro atoms. The van der Waals surface area contributed by atoms with Crippen molar-refractivity contribution < 1.29 is 14.4 Å². The molecule has 12 nitrogen and oxygen atoms in total. The molecule has 49 heavy (non-hydrogen) atoms. The number of rotatable bonds is 10. The second-order valence-corrected chi connectivity index (χ2v) is 12.9. The molecule has 258 valence electrons. The Morgan fingerprint density at radius 2 is 1.59 bits per heavy atom. The van der Waals surface area contributed by atoms with Crippen LogP contribution in [0.2, 0.25) is 0 Å². The Labute approximate surface area is 292 Å². The van der Waals surface area contributed by atoms with Gasteiger partial charge in [-0.3, -0.25) is 14.4 Å². The van der Waals surface area contributed by atoms with Crippen molar-refractivity contribution in [1.29, 1.82) is 0 Å². The first kappa shape index (κ1) is 35.7. The van der Waals surface area contributed by atoms with Gasteiger partial charge in [0, 0.05) is 55.3 Å². The number of H-pyrrole nitrogens is 1. The van der Waals surface area contributed by atoms with E-state index in [1.165, 1.54) is 0 Å². The summed E-state index contributed by atoms with van der Waals surface area (Å²) in [5.74, 6) is 0.482. The summed E-state index contributed by atoms with van der Waals surface area (Å²) in [7, 11) is 2.07. The van der Waals surface area contributed by atoms with Crippen molar-refractivity contribution in [3.05, 3.63) is 83.9 Å². The molecule has 4 aromatic rings. The van der Waals surface area contributed by atoms with Gasteiger partial charge in [0.25, 0.3) is 5.91 Å². The Kier molecular flexibility index (Phi) is 12.1. The molecule has 3 aromatic carbocycles. The topological polar surface area (TPSA) is 162 Å². The Morgan fingerprint density at radius 3 is 2.24 bits per heavy atom. The van der Waals surface area contributed by atoms with Crippen LogP contribution in [-0.2, 0) is 16.0 Å². The lowest BCUT2D eigenvalue weighted by atomic mass is 9.81. The number of nitrogens with zero attached hydrogens (tertiary/aromatic N) is 5. The minimum atomic E-state index is -0.790. The van der Waals surface area contributed by atoms with Crippen LogP contribution in [-0.4, -0.2) is 94.0 Å². The molecular weight excluding hydrogens is 642 g/mol. The Bertz CT molecular complexity index is 1680. The van der Waals surface area contributed by atoms with Gasteiger partial charge in [-0.05, 0) is 109 Å². The average Bonchev–Trinajstić information content (AvgIpc) is 3.67. The lowest BCUT2D eigenvalue weighted by Crippen LogP contribution is -2.48. The highest BCUT2D eigenvalue weighted by Crippen LogP contribution is 2.29. The molecule has 1 saturated heterocycles. The third kappa shape index (κ3) is 9.08. The van der Waals surface area contributed by atoms with E-state index in [2.05, 4.69) is 43.2 Å². The molecule has 2 heterocycles. The number of carbonyl (C=O) groups excluding carboxylic acids is 3. The lowest BCUT2D eigenvalue weighted by molar-refractivity contribution is -0.130. The van der Waals surface area contributed by atoms with Gasteiger partial charge in [0.2, 0.25) is 11.8 Å². The smallest absolute Gasteiger partial charge is 0.253 e. The zero-order valence-electron chi connectivity index (χ0n) is 27.7. The van der Waals surface area contributed by atoms with E-state index in [0.717, 1.165) is 74.1 Å². The molecule has 1 atom stereocenters. The SMILES string of the molecule is CN1CCN(C(=O)c2ccc(-c3cccc(C[C@H](NC(=O)[C@H]4CC[C@H](CN)CC4)C(=O)Nc4ccc(-c5nnn[nH]5)cc4)c3)cc2)CC1.Cl. The number of halogens is 1. The molecule has 1 aliphatic carbocycles. The van der Waals surface area contributed by atoms with Crippen LogP contribution < -0.4 is 16.4 Å². The first-order chi connectivity index (χ1) is 23.4. The van der Waals surface area contributed by atoms with E-state index in [4.69, 9.17) is 5.73 Å². The van der Waals surface area contributed by atoms with E-state index < -0.39 is 6.04 Å². The number of likely N-dealkylation sites (N-methyl/N-ethyl adjacent to an activating group) is 1. The first-order valence-corrected chi connectivity index (χ1v) is 16.7. The minimum absolute atomic E-state index is 0. The van der Waals surface area contributed by atoms with E-state index in [9.17, 15) is 14.4 Å². The van der Waals surface area contributed by atoms with Crippen LogP contribution in [0.3, 0.4) is 0 Å². The van der Waals surface area contributed by atoms with Gasteiger partial charge in [-0.15, -0.1) is 17.5 Å². The average molecular weight is 686 g/mol. The molecule has 0 unspecified atom stereocenters. The van der Waals surface area contributed by atoms with Crippen molar-refractivity contribution in [2.24, 2.45) is 17.6 Å². The number of tetrazole rings is 1. The zero-order valence-corrected chi connectivity index (χ0v) is 28.5. The maximum absolute atomic E-state index is 13.7. The van der Waals surface area contributed by atoms with E-state index in [-0.39, 0.29) is 36.0 Å². The molecular formula is C36H44ClN9O3. The summed E-state index contributed by atoms with van der Waals surface area (Å²) in [4.78, 5) is 44.4. The van der Waals surface area contributed by atoms with Crippen molar-refractivity contribution in [1.82, 2.24) is 35.7 Å². The fourth-order valence-corrected chi connectivity index (χ4v) is 6.49. The van der Waals surface area contributed by atoms with Gasteiger partial charge >= 0.3 is 0 Å². The van der Waals surface area contributed by atoms with Gasteiger partial charge in [-0.1, -0.05) is 36.4 Å². The van der Waals surface area contributed by atoms with Crippen LogP contribution in [0.25, 0.3) is 22.5 Å². The highest BCUT2D eigenvalue weighted by molar-refractivity contribution is 5.98. The number of hydrogen-bond acceptors (Lipinski definition) is 8. The zero-order chi connectivity index (χ0) is 33.5. The van der Waals surface area contributed by atoms with Gasteiger partial charge < -0.3 is 26.2 Å². The fourth-order valence-electron chi connectivity index (χ4n) is 6.49. The molecule has 0 radical (unpaired) electrons. The predicted octanol–water partition coefficient (Wildman–Crippen LogP) is 3.77. The third-order valence-corrected chi connectivity index (χ3v) is 9.58. The first-order valence-electron chi connectivity index (χ1n) is 16.7. The van der Waals surface area contributed by atoms with E-state index in [0.29, 0.717) is 36.0 Å². The molecule has 1 saturated carbocycles. The van der Waals surface area contributed by atoms with Crippen molar-refractivity contribution in [2.45, 2.75) is 38.1 Å². The number of hydrogen-bond donors (Lipinski definition) is 4. The molecule has 0 bridgehead atoms. The van der Waals surface area contributed by atoms with E-state index in [1.807, 2.05) is 65.6 Å². The standard InChI is InChI=1S/C36H43N9O3.ClH/c1-44-17-19-45(20-18-44)36(48)29-11-9-26(10-12-29)30-4-2-3-25(21-30)22-32(39-34(46)28-7-5-24(23-37)6-8-28)35(47)38-31-15-13-27(14-16-31)33-40-42-43-41-33;/h2-4,9-16,21,24,28,32H,5-8,17-20,22-23,37H2,1H3,(H,38,47)(H,39,46)(H,40,41,42,43);1H/t24-,28-,32-;/m0./s1. The number of anilines is 1. The summed E-state index contributed by atoms with van der Waals surface area (Å²) in [6.07, 6.45) is 3.68. The molecule has 5 N–H and O–H groups in total. The molecule has 13 heteroatoms. The quantitative estimate of drug-likeness (QED) is 0.196. The number of benzene rings is 3. The van der Waals surface area contributed by atoms with Crippen molar-refractivity contribution in [3.8, 4) is 22.5 Å². The highest BCUT2D eigenvalue weighted by Gasteiger charge is 2.29.